The molecule has 0 heterocycles. The van der Waals surface area contributed by atoms with Crippen LogP contribution in [0.15, 0.2) is 23.4 Å². The number of anilines is 1. The highest BCUT2D eigenvalue weighted by atomic mass is 19.2. The van der Waals surface area contributed by atoms with Crippen molar-refractivity contribution in [2.24, 2.45) is 16.3 Å². The van der Waals surface area contributed by atoms with E-state index in [1.807, 2.05) is 13.8 Å². The van der Waals surface area contributed by atoms with Crippen LogP contribution in [0, 0.1) is 17.0 Å². The van der Waals surface area contributed by atoms with Crippen LogP contribution >= 0.6 is 0 Å². The molecule has 20 heavy (non-hydrogen) atoms. The third kappa shape index (κ3) is 4.68. The first kappa shape index (κ1) is 16.2. The van der Waals surface area contributed by atoms with Crippen molar-refractivity contribution in [3.63, 3.8) is 0 Å². The number of amidine groups is 1. The van der Waals surface area contributed by atoms with E-state index in [4.69, 9.17) is 10.9 Å². The zero-order valence-corrected chi connectivity index (χ0v) is 11.8. The molecule has 0 unspecified atom stereocenters. The molecule has 0 saturated carbocycles. The molecule has 0 aliphatic rings. The molecule has 0 amide bonds. The third-order valence-electron chi connectivity index (χ3n) is 3.28. The van der Waals surface area contributed by atoms with E-state index in [1.165, 1.54) is 6.07 Å². The van der Waals surface area contributed by atoms with Crippen LogP contribution < -0.4 is 11.1 Å². The van der Waals surface area contributed by atoms with Gasteiger partial charge in [0.2, 0.25) is 0 Å². The Bertz CT molecular complexity index is 475. The van der Waals surface area contributed by atoms with Crippen LogP contribution in [0.2, 0.25) is 0 Å². The number of oxime groups is 1. The number of nitrogens with zero attached hydrogens (tertiary/aromatic N) is 1. The summed E-state index contributed by atoms with van der Waals surface area (Å²) in [6, 6.07) is 3.73. The van der Waals surface area contributed by atoms with Gasteiger partial charge in [0, 0.05) is 17.6 Å². The minimum atomic E-state index is -0.858. The lowest BCUT2D eigenvalue weighted by Crippen LogP contribution is -2.31. The second-order valence-corrected chi connectivity index (χ2v) is 5.38. The van der Waals surface area contributed by atoms with Crippen LogP contribution in [-0.4, -0.2) is 17.6 Å². The average Bonchev–Trinajstić information content (AvgIpc) is 2.41. The van der Waals surface area contributed by atoms with Gasteiger partial charge in [0.25, 0.3) is 0 Å². The molecule has 112 valence electrons. The van der Waals surface area contributed by atoms with Crippen LogP contribution in [0.5, 0.6) is 0 Å². The average molecular weight is 285 g/mol. The Morgan fingerprint density at radius 2 is 2.00 bits per heavy atom. The number of halogens is 2. The van der Waals surface area contributed by atoms with Gasteiger partial charge in [0.15, 0.2) is 11.6 Å². The number of hydrogen-bond acceptors (Lipinski definition) is 3. The first-order valence-electron chi connectivity index (χ1n) is 6.54. The molecule has 1 aromatic carbocycles. The molecule has 0 fully saturated rings. The summed E-state index contributed by atoms with van der Waals surface area (Å²) in [6.07, 6.45) is 2.50. The van der Waals surface area contributed by atoms with Crippen LogP contribution in [-0.2, 0) is 0 Å². The smallest absolute Gasteiger partial charge is 0.160 e. The van der Waals surface area contributed by atoms with E-state index in [1.54, 1.807) is 0 Å². The molecule has 0 aromatic heterocycles. The Balaban J connectivity index is 2.30. The summed E-state index contributed by atoms with van der Waals surface area (Å²) in [4.78, 5) is 0. The molecule has 0 aliphatic heterocycles. The van der Waals surface area contributed by atoms with E-state index < -0.39 is 11.6 Å². The summed E-state index contributed by atoms with van der Waals surface area (Å²) in [7, 11) is 0. The summed E-state index contributed by atoms with van der Waals surface area (Å²) in [5.74, 6) is -1.50. The van der Waals surface area contributed by atoms with E-state index in [0.29, 0.717) is 12.2 Å². The molecule has 4 N–H and O–H groups in total. The molecule has 1 rings (SSSR count). The maximum Gasteiger partial charge on any atom is 0.160 e. The van der Waals surface area contributed by atoms with Crippen molar-refractivity contribution in [2.45, 2.75) is 33.1 Å². The largest absolute Gasteiger partial charge is 0.409 e. The number of nitrogens with one attached hydrogen (secondary N) is 1. The van der Waals surface area contributed by atoms with Gasteiger partial charge in [-0.15, -0.1) is 0 Å². The zero-order chi connectivity index (χ0) is 15.2. The topological polar surface area (TPSA) is 70.6 Å². The number of benzene rings is 1. The second-order valence-electron chi connectivity index (χ2n) is 5.38. The lowest BCUT2D eigenvalue weighted by Gasteiger charge is -2.22. The van der Waals surface area contributed by atoms with E-state index in [0.717, 1.165) is 31.4 Å². The van der Waals surface area contributed by atoms with Crippen molar-refractivity contribution in [1.29, 1.82) is 0 Å². The highest BCUT2D eigenvalue weighted by molar-refractivity contribution is 5.85. The van der Waals surface area contributed by atoms with Crippen molar-refractivity contribution >= 4 is 11.5 Å². The van der Waals surface area contributed by atoms with Crippen LogP contribution in [0.25, 0.3) is 0 Å². The highest BCUT2D eigenvalue weighted by Crippen LogP contribution is 2.23. The van der Waals surface area contributed by atoms with E-state index >= 15 is 0 Å². The van der Waals surface area contributed by atoms with Gasteiger partial charge in [0.05, 0.1) is 0 Å². The number of unbranched alkanes of at least 4 members (excludes halogenated alkanes) is 1. The van der Waals surface area contributed by atoms with Gasteiger partial charge in [-0.25, -0.2) is 8.78 Å². The van der Waals surface area contributed by atoms with Crippen molar-refractivity contribution in [3.8, 4) is 0 Å². The first-order valence-corrected chi connectivity index (χ1v) is 6.54. The summed E-state index contributed by atoms with van der Waals surface area (Å²) >= 11 is 0. The molecule has 0 aliphatic carbocycles. The lowest BCUT2D eigenvalue weighted by molar-refractivity contribution is 0.304. The SMILES string of the molecule is CC(C)(CCCCNc1ccc(F)c(F)c1)/C(N)=N/O. The fourth-order valence-corrected chi connectivity index (χ4v) is 1.79. The molecular formula is C14H21F2N3O. The maximum absolute atomic E-state index is 13.0. The summed E-state index contributed by atoms with van der Waals surface area (Å²) in [5, 5.41) is 14.7. The van der Waals surface area contributed by atoms with Crippen molar-refractivity contribution in [3.05, 3.63) is 29.8 Å². The summed E-state index contributed by atoms with van der Waals surface area (Å²) in [6.45, 7) is 4.47. The fraction of sp³-hybridized carbons (Fsp3) is 0.500. The summed E-state index contributed by atoms with van der Waals surface area (Å²) < 4.78 is 25.7. The van der Waals surface area contributed by atoms with Crippen molar-refractivity contribution < 1.29 is 14.0 Å². The standard InChI is InChI=1S/C14H21F2N3O/c1-14(2,13(17)19-20)7-3-4-8-18-10-5-6-11(15)12(16)9-10/h5-6,9,18,20H,3-4,7-8H2,1-2H3,(H2,17,19). The predicted octanol–water partition coefficient (Wildman–Crippen LogP) is 3.32. The minimum Gasteiger partial charge on any atom is -0.409 e. The van der Waals surface area contributed by atoms with Gasteiger partial charge in [-0.2, -0.15) is 0 Å². The molecule has 6 heteroatoms. The van der Waals surface area contributed by atoms with Crippen LogP contribution in [0.1, 0.15) is 33.1 Å². The number of nitrogens with two attached hydrogens (primary N) is 1. The maximum atomic E-state index is 13.0. The minimum absolute atomic E-state index is 0.214. The number of rotatable bonds is 7. The third-order valence-corrected chi connectivity index (χ3v) is 3.28. The van der Waals surface area contributed by atoms with Crippen molar-refractivity contribution in [2.75, 3.05) is 11.9 Å². The predicted molar refractivity (Wildman–Crippen MR) is 75.9 cm³/mol. The Hall–Kier alpha value is -1.85. The summed E-state index contributed by atoms with van der Waals surface area (Å²) in [5.41, 5.74) is 5.80. The van der Waals surface area contributed by atoms with Crippen LogP contribution in [0.4, 0.5) is 14.5 Å². The number of hydrogen-bond donors (Lipinski definition) is 3. The van der Waals surface area contributed by atoms with Gasteiger partial charge in [0.1, 0.15) is 5.84 Å². The highest BCUT2D eigenvalue weighted by Gasteiger charge is 2.22. The zero-order valence-electron chi connectivity index (χ0n) is 11.8. The van der Waals surface area contributed by atoms with E-state index in [2.05, 4.69) is 10.5 Å². The Labute approximate surface area is 117 Å². The molecule has 0 atom stereocenters. The molecule has 1 aromatic rings. The Morgan fingerprint density at radius 1 is 1.30 bits per heavy atom. The normalized spacial score (nSPS) is 12.5. The Kier molecular flexibility index (Phi) is 5.73. The molecule has 0 radical (unpaired) electrons. The quantitative estimate of drug-likeness (QED) is 0.237. The molecular weight excluding hydrogens is 264 g/mol. The van der Waals surface area contributed by atoms with E-state index in [9.17, 15) is 8.78 Å². The van der Waals surface area contributed by atoms with Crippen LogP contribution in [0.3, 0.4) is 0 Å². The van der Waals surface area contributed by atoms with Gasteiger partial charge in [-0.05, 0) is 31.0 Å². The Morgan fingerprint density at radius 3 is 2.60 bits per heavy atom. The van der Waals surface area contributed by atoms with Gasteiger partial charge < -0.3 is 16.3 Å². The van der Waals surface area contributed by atoms with Gasteiger partial charge in [-0.1, -0.05) is 25.4 Å². The molecule has 0 saturated heterocycles. The molecule has 0 spiro atoms. The lowest BCUT2D eigenvalue weighted by atomic mass is 9.86. The molecule has 4 nitrogen and oxygen atoms in total. The molecule has 0 bridgehead atoms. The van der Waals surface area contributed by atoms with E-state index in [-0.39, 0.29) is 11.3 Å². The van der Waals surface area contributed by atoms with Gasteiger partial charge >= 0.3 is 0 Å². The van der Waals surface area contributed by atoms with Crippen molar-refractivity contribution in [1.82, 2.24) is 0 Å². The second kappa shape index (κ2) is 7.07. The fourth-order valence-electron chi connectivity index (χ4n) is 1.79. The monoisotopic (exact) mass is 285 g/mol. The first-order chi connectivity index (χ1) is 9.36. The van der Waals surface area contributed by atoms with Gasteiger partial charge in [-0.3, -0.25) is 0 Å².